The van der Waals surface area contributed by atoms with Gasteiger partial charge in [0.25, 0.3) is 5.56 Å². The van der Waals surface area contributed by atoms with Gasteiger partial charge in [0.2, 0.25) is 0 Å². The fourth-order valence-electron chi connectivity index (χ4n) is 3.66. The van der Waals surface area contributed by atoms with Crippen LogP contribution in [0.25, 0.3) is 11.3 Å². The number of nitrogens with zero attached hydrogens (tertiary/aromatic N) is 2. The van der Waals surface area contributed by atoms with Crippen molar-refractivity contribution in [3.63, 3.8) is 0 Å². The van der Waals surface area contributed by atoms with Crippen molar-refractivity contribution in [3.05, 3.63) is 82.4 Å². The highest BCUT2D eigenvalue weighted by atomic mass is 16.6. The Morgan fingerprint density at radius 2 is 1.74 bits per heavy atom. The molecule has 7 heteroatoms. The van der Waals surface area contributed by atoms with Gasteiger partial charge in [-0.05, 0) is 31.5 Å². The highest BCUT2D eigenvalue weighted by Gasteiger charge is 2.20. The monoisotopic (exact) mass is 464 g/mol. The molecule has 0 spiro atoms. The van der Waals surface area contributed by atoms with Crippen molar-refractivity contribution in [1.29, 1.82) is 0 Å². The summed E-state index contributed by atoms with van der Waals surface area (Å²) in [5, 5.41) is 0. The molecule has 0 radical (unpaired) electrons. The molecule has 1 heterocycles. The number of carbonyl (C=O) groups excluding carboxylic acids is 1. The zero-order valence-electron chi connectivity index (χ0n) is 20.0. The summed E-state index contributed by atoms with van der Waals surface area (Å²) in [6.07, 6.45) is 0.454. The number of ether oxygens (including phenoxy) is 3. The van der Waals surface area contributed by atoms with Crippen LogP contribution in [0.2, 0.25) is 0 Å². The Bertz CT molecular complexity index is 1110. The number of aryl methyl sites for hydroxylation is 1. The van der Waals surface area contributed by atoms with E-state index in [1.807, 2.05) is 68.4 Å². The summed E-state index contributed by atoms with van der Waals surface area (Å²) >= 11 is 0. The van der Waals surface area contributed by atoms with Crippen LogP contribution in [0.4, 0.5) is 0 Å². The number of rotatable bonds is 12. The minimum absolute atomic E-state index is 0.0921. The second-order valence-electron chi connectivity index (χ2n) is 7.66. The molecule has 1 aromatic heterocycles. The van der Waals surface area contributed by atoms with Crippen LogP contribution in [-0.2, 0) is 33.7 Å². The van der Waals surface area contributed by atoms with E-state index in [0.29, 0.717) is 50.7 Å². The predicted octanol–water partition coefficient (Wildman–Crippen LogP) is 4.06. The molecule has 0 fully saturated rings. The summed E-state index contributed by atoms with van der Waals surface area (Å²) in [5.41, 5.74) is 2.46. The fourth-order valence-corrected chi connectivity index (χ4v) is 3.66. The summed E-state index contributed by atoms with van der Waals surface area (Å²) < 4.78 is 18.1. The van der Waals surface area contributed by atoms with E-state index in [2.05, 4.69) is 4.98 Å². The Morgan fingerprint density at radius 3 is 2.38 bits per heavy atom. The average Bonchev–Trinajstić information content (AvgIpc) is 2.86. The maximum Gasteiger partial charge on any atom is 0.335 e. The zero-order chi connectivity index (χ0) is 24.3. The van der Waals surface area contributed by atoms with Gasteiger partial charge in [0.05, 0.1) is 18.8 Å². The molecule has 1 atom stereocenters. The van der Waals surface area contributed by atoms with Gasteiger partial charge in [-0.1, -0.05) is 49.4 Å². The number of benzene rings is 2. The molecule has 0 N–H and O–H groups in total. The van der Waals surface area contributed by atoms with Gasteiger partial charge in [0, 0.05) is 31.1 Å². The first-order valence-corrected chi connectivity index (χ1v) is 11.7. The highest BCUT2D eigenvalue weighted by Crippen LogP contribution is 2.17. The average molecular weight is 465 g/mol. The Kier molecular flexibility index (Phi) is 9.40. The number of esters is 1. The van der Waals surface area contributed by atoms with E-state index < -0.39 is 6.10 Å². The van der Waals surface area contributed by atoms with Crippen molar-refractivity contribution in [2.24, 2.45) is 0 Å². The maximum absolute atomic E-state index is 12.8. The lowest BCUT2D eigenvalue weighted by molar-refractivity contribution is -0.156. The lowest BCUT2D eigenvalue weighted by Gasteiger charge is -2.16. The molecule has 180 valence electrons. The van der Waals surface area contributed by atoms with E-state index in [1.165, 1.54) is 0 Å². The van der Waals surface area contributed by atoms with Crippen LogP contribution in [0.5, 0.6) is 5.75 Å². The Balaban J connectivity index is 1.61. The van der Waals surface area contributed by atoms with Crippen LogP contribution in [0.3, 0.4) is 0 Å². The van der Waals surface area contributed by atoms with Crippen LogP contribution in [0.1, 0.15) is 32.2 Å². The van der Waals surface area contributed by atoms with Crippen LogP contribution >= 0.6 is 0 Å². The first kappa shape index (κ1) is 25.2. The summed E-state index contributed by atoms with van der Waals surface area (Å²) in [6.45, 7) is 7.11. The van der Waals surface area contributed by atoms with Gasteiger partial charge in [-0.3, -0.25) is 9.36 Å². The molecule has 0 aliphatic rings. The van der Waals surface area contributed by atoms with Gasteiger partial charge < -0.3 is 14.2 Å². The molecule has 0 aliphatic heterocycles. The predicted molar refractivity (Wildman–Crippen MR) is 131 cm³/mol. The smallest absolute Gasteiger partial charge is 0.335 e. The van der Waals surface area contributed by atoms with Gasteiger partial charge in [-0.2, -0.15) is 0 Å². The quantitative estimate of drug-likeness (QED) is 0.376. The molecule has 0 aliphatic carbocycles. The number of hydrogen-bond acceptors (Lipinski definition) is 6. The lowest BCUT2D eigenvalue weighted by Crippen LogP contribution is -2.29. The normalized spacial score (nSPS) is 11.7. The first-order valence-electron chi connectivity index (χ1n) is 11.7. The summed E-state index contributed by atoms with van der Waals surface area (Å²) in [4.78, 5) is 29.5. The molecule has 3 rings (SSSR count). The molecular formula is C27H32N2O5. The van der Waals surface area contributed by atoms with Crippen LogP contribution < -0.4 is 10.3 Å². The Labute approximate surface area is 200 Å². The molecule has 2 aromatic carbocycles. The Morgan fingerprint density at radius 1 is 1.00 bits per heavy atom. The largest absolute Gasteiger partial charge is 0.492 e. The minimum atomic E-state index is -0.623. The molecule has 34 heavy (non-hydrogen) atoms. The lowest BCUT2D eigenvalue weighted by atomic mass is 10.1. The van der Waals surface area contributed by atoms with Gasteiger partial charge in [-0.15, -0.1) is 0 Å². The van der Waals surface area contributed by atoms with Crippen LogP contribution in [0.15, 0.2) is 65.5 Å². The van der Waals surface area contributed by atoms with E-state index in [1.54, 1.807) is 17.6 Å². The van der Waals surface area contributed by atoms with Crippen molar-refractivity contribution in [2.75, 3.05) is 19.8 Å². The SMILES string of the molecule is CCOC(=O)C(Cc1ccc(OCCn2c(CC)nc(-c3ccccc3)cc2=O)cc1)OCC. The van der Waals surface area contributed by atoms with Gasteiger partial charge in [-0.25, -0.2) is 9.78 Å². The van der Waals surface area contributed by atoms with E-state index in [-0.39, 0.29) is 11.5 Å². The Hall–Kier alpha value is -3.45. The third-order valence-corrected chi connectivity index (χ3v) is 5.32. The molecule has 7 nitrogen and oxygen atoms in total. The number of carbonyl (C=O) groups is 1. The molecule has 0 bridgehead atoms. The maximum atomic E-state index is 12.8. The van der Waals surface area contributed by atoms with E-state index in [4.69, 9.17) is 14.2 Å². The third-order valence-electron chi connectivity index (χ3n) is 5.32. The second-order valence-corrected chi connectivity index (χ2v) is 7.66. The van der Waals surface area contributed by atoms with Crippen molar-refractivity contribution in [3.8, 4) is 17.0 Å². The molecule has 0 saturated heterocycles. The van der Waals surface area contributed by atoms with Crippen molar-refractivity contribution < 1.29 is 19.0 Å². The first-order chi connectivity index (χ1) is 16.5. The van der Waals surface area contributed by atoms with Crippen molar-refractivity contribution >= 4 is 5.97 Å². The molecular weight excluding hydrogens is 432 g/mol. The number of hydrogen-bond donors (Lipinski definition) is 0. The highest BCUT2D eigenvalue weighted by molar-refractivity contribution is 5.75. The van der Waals surface area contributed by atoms with Crippen LogP contribution in [-0.4, -0.2) is 41.4 Å². The topological polar surface area (TPSA) is 79.7 Å². The van der Waals surface area contributed by atoms with E-state index >= 15 is 0 Å². The molecule has 0 amide bonds. The third kappa shape index (κ3) is 6.78. The van der Waals surface area contributed by atoms with Crippen LogP contribution in [0, 0.1) is 0 Å². The molecule has 0 saturated carbocycles. The van der Waals surface area contributed by atoms with E-state index in [0.717, 1.165) is 17.0 Å². The minimum Gasteiger partial charge on any atom is -0.492 e. The second kappa shape index (κ2) is 12.7. The van der Waals surface area contributed by atoms with Gasteiger partial charge in [0.15, 0.2) is 6.10 Å². The number of aromatic nitrogens is 2. The molecule has 1 unspecified atom stereocenters. The summed E-state index contributed by atoms with van der Waals surface area (Å²) in [6, 6.07) is 18.8. The standard InChI is InChI=1S/C27H32N2O5/c1-4-25-28-23(21-10-8-7-9-11-21)19-26(30)29(25)16-17-34-22-14-12-20(13-15-22)18-24(32-5-2)27(31)33-6-3/h7-15,19,24H,4-6,16-18H2,1-3H3. The van der Waals surface area contributed by atoms with Crippen molar-refractivity contribution in [2.45, 2.75) is 46.3 Å². The molecule has 3 aromatic rings. The summed E-state index contributed by atoms with van der Waals surface area (Å²) in [5.74, 6) is 1.06. The summed E-state index contributed by atoms with van der Waals surface area (Å²) in [7, 11) is 0. The van der Waals surface area contributed by atoms with Crippen molar-refractivity contribution in [1.82, 2.24) is 9.55 Å². The van der Waals surface area contributed by atoms with Gasteiger partial charge >= 0.3 is 5.97 Å². The van der Waals surface area contributed by atoms with E-state index in [9.17, 15) is 9.59 Å². The zero-order valence-corrected chi connectivity index (χ0v) is 20.0. The van der Waals surface area contributed by atoms with Gasteiger partial charge in [0.1, 0.15) is 18.2 Å². The fraction of sp³-hybridized carbons (Fsp3) is 0.370.